The van der Waals surface area contributed by atoms with E-state index in [0.717, 1.165) is 18.2 Å². The van der Waals surface area contributed by atoms with Gasteiger partial charge in [-0.05, 0) is 48.0 Å². The van der Waals surface area contributed by atoms with Crippen LogP contribution in [0.5, 0.6) is 17.2 Å². The summed E-state index contributed by atoms with van der Waals surface area (Å²) in [5.74, 6) is 0.788. The Kier molecular flexibility index (Phi) is 9.65. The standard InChI is InChI=1S/C26H27F3N2O7S/c1-35-13-12-31(25(32)30-23-11-10-20(36-2)16-24(23)37-3)17-18-6-4-8-21(14-18)38-39(33,34)22-9-5-7-19(15-22)26(27,28)29/h4-11,14-16H,12-13,17H2,1-3H3,(H,30,32). The molecule has 1 N–H and O–H groups in total. The van der Waals surface area contributed by atoms with Gasteiger partial charge in [-0.1, -0.05) is 18.2 Å². The number of anilines is 1. The Bertz CT molecular complexity index is 1400. The average molecular weight is 569 g/mol. The summed E-state index contributed by atoms with van der Waals surface area (Å²) >= 11 is 0. The molecule has 9 nitrogen and oxygen atoms in total. The molecule has 13 heteroatoms. The SMILES string of the molecule is COCCN(Cc1cccc(OS(=O)(=O)c2cccc(C(F)(F)F)c2)c1)C(=O)Nc1ccc(OC)cc1OC. The first kappa shape index (κ1) is 29.6. The van der Waals surface area contributed by atoms with E-state index in [1.54, 1.807) is 24.3 Å². The highest BCUT2D eigenvalue weighted by atomic mass is 32.2. The molecule has 0 saturated heterocycles. The quantitative estimate of drug-likeness (QED) is 0.318. The van der Waals surface area contributed by atoms with Gasteiger partial charge in [0.1, 0.15) is 22.1 Å². The lowest BCUT2D eigenvalue weighted by atomic mass is 10.2. The molecule has 3 aromatic rings. The van der Waals surface area contributed by atoms with E-state index in [2.05, 4.69) is 5.32 Å². The molecule has 0 aromatic heterocycles. The third kappa shape index (κ3) is 8.01. The first-order valence-electron chi connectivity index (χ1n) is 11.4. The Morgan fingerprint density at radius 1 is 0.923 bits per heavy atom. The van der Waals surface area contributed by atoms with Crippen LogP contribution >= 0.6 is 0 Å². The summed E-state index contributed by atoms with van der Waals surface area (Å²) in [6.45, 7) is 0.441. The largest absolute Gasteiger partial charge is 0.497 e. The van der Waals surface area contributed by atoms with Crippen LogP contribution in [-0.2, 0) is 27.6 Å². The molecule has 0 spiro atoms. The van der Waals surface area contributed by atoms with E-state index < -0.39 is 32.8 Å². The van der Waals surface area contributed by atoms with E-state index in [4.69, 9.17) is 18.4 Å². The normalized spacial score (nSPS) is 11.5. The maximum atomic E-state index is 13.1. The average Bonchev–Trinajstić information content (AvgIpc) is 2.90. The second-order valence-corrected chi connectivity index (χ2v) is 9.67. The smallest absolute Gasteiger partial charge is 0.416 e. The predicted molar refractivity (Wildman–Crippen MR) is 137 cm³/mol. The number of alkyl halides is 3. The van der Waals surface area contributed by atoms with Crippen molar-refractivity contribution in [2.45, 2.75) is 17.6 Å². The molecule has 0 atom stereocenters. The summed E-state index contributed by atoms with van der Waals surface area (Å²) < 4.78 is 85.1. The Morgan fingerprint density at radius 3 is 2.33 bits per heavy atom. The third-order valence-corrected chi connectivity index (χ3v) is 6.67. The fourth-order valence-electron chi connectivity index (χ4n) is 3.47. The molecule has 0 radical (unpaired) electrons. The summed E-state index contributed by atoms with van der Waals surface area (Å²) in [5.41, 5.74) is -0.219. The van der Waals surface area contributed by atoms with Gasteiger partial charge >= 0.3 is 22.3 Å². The monoisotopic (exact) mass is 568 g/mol. The fraction of sp³-hybridized carbons (Fsp3) is 0.269. The van der Waals surface area contributed by atoms with Crippen LogP contribution in [0.2, 0.25) is 0 Å². The predicted octanol–water partition coefficient (Wildman–Crippen LogP) is 5.17. The summed E-state index contributed by atoms with van der Waals surface area (Å²) in [5, 5.41) is 2.77. The molecule has 0 aliphatic heterocycles. The topological polar surface area (TPSA) is 103 Å². The molecule has 0 unspecified atom stereocenters. The molecule has 0 bridgehead atoms. The van der Waals surface area contributed by atoms with Crippen molar-refractivity contribution in [3.8, 4) is 17.2 Å². The zero-order valence-corrected chi connectivity index (χ0v) is 22.1. The summed E-state index contributed by atoms with van der Waals surface area (Å²) in [7, 11) is -0.129. The lowest BCUT2D eigenvalue weighted by Gasteiger charge is -2.24. The van der Waals surface area contributed by atoms with Gasteiger partial charge in [0, 0.05) is 26.3 Å². The van der Waals surface area contributed by atoms with Crippen molar-refractivity contribution in [2.24, 2.45) is 0 Å². The lowest BCUT2D eigenvalue weighted by molar-refractivity contribution is -0.137. The van der Waals surface area contributed by atoms with Gasteiger partial charge in [-0.2, -0.15) is 21.6 Å². The van der Waals surface area contributed by atoms with Crippen LogP contribution in [-0.4, -0.2) is 53.8 Å². The van der Waals surface area contributed by atoms with Crippen LogP contribution in [0.4, 0.5) is 23.7 Å². The van der Waals surface area contributed by atoms with Crippen molar-refractivity contribution in [3.63, 3.8) is 0 Å². The van der Waals surface area contributed by atoms with Gasteiger partial charge < -0.3 is 28.6 Å². The van der Waals surface area contributed by atoms with Gasteiger partial charge in [-0.3, -0.25) is 0 Å². The number of rotatable bonds is 11. The molecule has 0 aliphatic carbocycles. The number of carbonyl (C=O) groups excluding carboxylic acids is 1. The van der Waals surface area contributed by atoms with E-state index in [0.29, 0.717) is 28.8 Å². The molecular weight excluding hydrogens is 541 g/mol. The molecule has 0 saturated carbocycles. The van der Waals surface area contributed by atoms with Crippen LogP contribution in [0.1, 0.15) is 11.1 Å². The molecular formula is C26H27F3N2O7S. The molecule has 3 aromatic carbocycles. The van der Waals surface area contributed by atoms with E-state index in [1.807, 2.05) is 0 Å². The van der Waals surface area contributed by atoms with Crippen molar-refractivity contribution in [1.29, 1.82) is 0 Å². The first-order chi connectivity index (χ1) is 18.5. The summed E-state index contributed by atoms with van der Waals surface area (Å²) in [6, 6.07) is 13.5. The highest BCUT2D eigenvalue weighted by Gasteiger charge is 2.32. The van der Waals surface area contributed by atoms with E-state index in [-0.39, 0.29) is 25.4 Å². The zero-order chi connectivity index (χ0) is 28.6. The van der Waals surface area contributed by atoms with Crippen molar-refractivity contribution < 1.29 is 44.8 Å². The van der Waals surface area contributed by atoms with Gasteiger partial charge in [0.15, 0.2) is 0 Å². The molecule has 39 heavy (non-hydrogen) atoms. The lowest BCUT2D eigenvalue weighted by Crippen LogP contribution is -2.37. The Morgan fingerprint density at radius 2 is 1.67 bits per heavy atom. The minimum atomic E-state index is -4.71. The third-order valence-electron chi connectivity index (χ3n) is 5.43. The van der Waals surface area contributed by atoms with Crippen molar-refractivity contribution >= 4 is 21.8 Å². The molecule has 0 aliphatic rings. The fourth-order valence-corrected chi connectivity index (χ4v) is 4.44. The zero-order valence-electron chi connectivity index (χ0n) is 21.3. The van der Waals surface area contributed by atoms with Gasteiger partial charge in [0.2, 0.25) is 0 Å². The highest BCUT2D eigenvalue weighted by molar-refractivity contribution is 7.87. The van der Waals surface area contributed by atoms with E-state index >= 15 is 0 Å². The number of urea groups is 1. The number of methoxy groups -OCH3 is 3. The highest BCUT2D eigenvalue weighted by Crippen LogP contribution is 2.32. The van der Waals surface area contributed by atoms with Crippen molar-refractivity contribution in [3.05, 3.63) is 77.9 Å². The van der Waals surface area contributed by atoms with E-state index in [1.165, 1.54) is 44.4 Å². The molecule has 3 rings (SSSR count). The van der Waals surface area contributed by atoms with Crippen LogP contribution in [0.15, 0.2) is 71.6 Å². The number of benzene rings is 3. The minimum Gasteiger partial charge on any atom is -0.497 e. The van der Waals surface area contributed by atoms with Crippen LogP contribution in [0.25, 0.3) is 0 Å². The molecule has 210 valence electrons. The Labute approximate surface area is 224 Å². The number of amides is 2. The molecule has 2 amide bonds. The second kappa shape index (κ2) is 12.7. The number of ether oxygens (including phenoxy) is 3. The van der Waals surface area contributed by atoms with Gasteiger partial charge in [-0.15, -0.1) is 0 Å². The van der Waals surface area contributed by atoms with Gasteiger partial charge in [0.25, 0.3) is 0 Å². The Hall–Kier alpha value is -3.97. The number of nitrogens with one attached hydrogen (secondary N) is 1. The number of hydrogen-bond acceptors (Lipinski definition) is 7. The maximum Gasteiger partial charge on any atom is 0.416 e. The van der Waals surface area contributed by atoms with E-state index in [9.17, 15) is 26.4 Å². The van der Waals surface area contributed by atoms with Crippen molar-refractivity contribution in [2.75, 3.05) is 39.8 Å². The number of halogens is 3. The van der Waals surface area contributed by atoms with Crippen LogP contribution < -0.4 is 19.0 Å². The molecule has 0 fully saturated rings. The van der Waals surface area contributed by atoms with Crippen LogP contribution in [0, 0.1) is 0 Å². The number of hydrogen-bond donors (Lipinski definition) is 1. The number of nitrogens with zero attached hydrogens (tertiary/aromatic N) is 1. The van der Waals surface area contributed by atoms with Gasteiger partial charge in [0.05, 0.1) is 32.1 Å². The van der Waals surface area contributed by atoms with Gasteiger partial charge in [-0.25, -0.2) is 4.79 Å². The first-order valence-corrected chi connectivity index (χ1v) is 12.8. The number of carbonyl (C=O) groups is 1. The summed E-state index contributed by atoms with van der Waals surface area (Å²) in [6.07, 6.45) is -4.71. The second-order valence-electron chi connectivity index (χ2n) is 8.12. The van der Waals surface area contributed by atoms with Crippen molar-refractivity contribution in [1.82, 2.24) is 4.90 Å². The van der Waals surface area contributed by atoms with Crippen LogP contribution in [0.3, 0.4) is 0 Å². The Balaban J connectivity index is 1.79. The maximum absolute atomic E-state index is 13.1. The molecule has 0 heterocycles. The minimum absolute atomic E-state index is 0.0362. The summed E-state index contributed by atoms with van der Waals surface area (Å²) in [4.78, 5) is 13.9.